The molecule has 2 nitrogen and oxygen atoms in total. The largest absolute Gasteiger partial charge is 0.309 e. The Kier molecular flexibility index (Phi) is 7.90. The molecule has 64 heavy (non-hydrogen) atoms. The van der Waals surface area contributed by atoms with Crippen molar-refractivity contribution in [3.8, 4) is 44.8 Å². The van der Waals surface area contributed by atoms with Crippen molar-refractivity contribution in [1.29, 1.82) is 0 Å². The first-order valence-corrected chi connectivity index (χ1v) is 22.4. The fraction of sp³-hybridized carbons (Fsp3) is 0.0645. The molecule has 0 atom stereocenters. The average Bonchev–Trinajstić information content (AvgIpc) is 3.33. The van der Waals surface area contributed by atoms with Crippen LogP contribution in [0, 0.1) is 27.7 Å². The summed E-state index contributed by atoms with van der Waals surface area (Å²) in [6.45, 7) is 8.87. The number of benzene rings is 11. The maximum Gasteiger partial charge on any atom is 0.0547 e. The fourth-order valence-electron chi connectivity index (χ4n) is 10.8. The average molecular weight is 817 g/mol. The zero-order chi connectivity index (χ0) is 42.8. The first-order valence-electron chi connectivity index (χ1n) is 22.4. The number of aromatic nitrogens is 2. The summed E-state index contributed by atoms with van der Waals surface area (Å²) < 4.78 is 5.10. The van der Waals surface area contributed by atoms with Crippen molar-refractivity contribution in [2.45, 2.75) is 27.7 Å². The van der Waals surface area contributed by atoms with Crippen LogP contribution in [0.1, 0.15) is 22.3 Å². The molecule has 2 aromatic heterocycles. The molecule has 11 aromatic carbocycles. The van der Waals surface area contributed by atoms with Gasteiger partial charge in [-0.3, -0.25) is 0 Å². The Labute approximate surface area is 372 Å². The topological polar surface area (TPSA) is 9.86 Å². The third-order valence-electron chi connectivity index (χ3n) is 14.0. The molecular weight excluding hydrogens is 773 g/mol. The van der Waals surface area contributed by atoms with E-state index >= 15 is 0 Å². The van der Waals surface area contributed by atoms with Crippen LogP contribution in [0.25, 0.3) is 121 Å². The van der Waals surface area contributed by atoms with Crippen molar-refractivity contribution in [3.63, 3.8) is 0 Å². The molecule has 0 aliphatic carbocycles. The summed E-state index contributed by atoms with van der Waals surface area (Å²) in [4.78, 5) is 0. The van der Waals surface area contributed by atoms with Crippen molar-refractivity contribution in [1.82, 2.24) is 9.13 Å². The lowest BCUT2D eigenvalue weighted by molar-refractivity contribution is 1.14. The molecule has 0 saturated carbocycles. The van der Waals surface area contributed by atoms with Crippen molar-refractivity contribution >= 4 is 75.9 Å². The maximum atomic E-state index is 2.56. The quantitative estimate of drug-likeness (QED) is 0.121. The van der Waals surface area contributed by atoms with Gasteiger partial charge in [0.2, 0.25) is 0 Å². The Bertz CT molecular complexity index is 4020. The van der Waals surface area contributed by atoms with E-state index in [1.165, 1.54) is 143 Å². The van der Waals surface area contributed by atoms with E-state index in [2.05, 4.69) is 231 Å². The van der Waals surface area contributed by atoms with Gasteiger partial charge in [0.1, 0.15) is 0 Å². The normalized spacial score (nSPS) is 12.1. The van der Waals surface area contributed by atoms with Crippen molar-refractivity contribution < 1.29 is 0 Å². The van der Waals surface area contributed by atoms with Gasteiger partial charge in [-0.15, -0.1) is 0 Å². The van der Waals surface area contributed by atoms with E-state index in [9.17, 15) is 0 Å². The highest BCUT2D eigenvalue weighted by Gasteiger charge is 2.24. The van der Waals surface area contributed by atoms with Gasteiger partial charge in [0, 0.05) is 43.7 Å². The van der Waals surface area contributed by atoms with Crippen LogP contribution >= 0.6 is 0 Å². The highest BCUT2D eigenvalue weighted by molar-refractivity contribution is 6.40. The second kappa shape index (κ2) is 13.8. The van der Waals surface area contributed by atoms with E-state index in [0.29, 0.717) is 0 Å². The lowest BCUT2D eigenvalue weighted by Gasteiger charge is -2.26. The third-order valence-corrected chi connectivity index (χ3v) is 14.0. The van der Waals surface area contributed by atoms with Gasteiger partial charge in [-0.05, 0) is 148 Å². The van der Waals surface area contributed by atoms with Gasteiger partial charge >= 0.3 is 0 Å². The van der Waals surface area contributed by atoms with E-state index in [-0.39, 0.29) is 0 Å². The molecule has 0 fully saturated rings. The Morgan fingerprint density at radius 1 is 0.266 bits per heavy atom. The monoisotopic (exact) mass is 816 g/mol. The Hall–Kier alpha value is -7.94. The minimum Gasteiger partial charge on any atom is -0.309 e. The molecule has 0 bridgehead atoms. The molecule has 2 heterocycles. The van der Waals surface area contributed by atoms with Crippen LogP contribution < -0.4 is 0 Å². The summed E-state index contributed by atoms with van der Waals surface area (Å²) >= 11 is 0. The van der Waals surface area contributed by atoms with Crippen molar-refractivity contribution in [3.05, 3.63) is 216 Å². The maximum absolute atomic E-state index is 2.56. The predicted molar refractivity (Wildman–Crippen MR) is 274 cm³/mol. The van der Waals surface area contributed by atoms with Crippen LogP contribution in [0.5, 0.6) is 0 Å². The number of aryl methyl sites for hydroxylation is 4. The van der Waals surface area contributed by atoms with Crippen LogP contribution in [0.4, 0.5) is 0 Å². The van der Waals surface area contributed by atoms with Gasteiger partial charge in [0.05, 0.1) is 22.1 Å². The van der Waals surface area contributed by atoms with Crippen molar-refractivity contribution in [2.24, 2.45) is 0 Å². The second-order valence-electron chi connectivity index (χ2n) is 18.0. The molecular formula is C62H44N2. The number of nitrogens with zero attached hydrogens (tertiary/aromatic N) is 2. The van der Waals surface area contributed by atoms with E-state index in [1.54, 1.807) is 0 Å². The SMILES string of the molecule is Cc1ccc(-c2ccc3c4cc5ccc6c7c(cc8ccc(c4c8c57)n(-c4cc(-c5ccccc5)ccc4C)c3c2)c2ccc(C)cc2n6-c2cc(-c3ccccc3)ccc2C)cc1. The first-order chi connectivity index (χ1) is 31.4. The van der Waals surface area contributed by atoms with Crippen LogP contribution in [0.3, 0.4) is 0 Å². The molecule has 302 valence electrons. The zero-order valence-electron chi connectivity index (χ0n) is 36.4. The standard InChI is InChI=1S/C62H44N2/c1-37-15-20-43(21-16-37)46-24-28-50-52-33-48-25-29-53-61-51(49-27-17-38(2)31-57(49)63(53)55-34-44(22-18-39(55)3)41-11-7-5-8-12-41)32-47-26-30-54(62(52)60(47)59(48)61)64(58(50)36-46)56-35-45(23-19-40(56)4)42-13-9-6-10-14-42/h5-36H,1-4H3. The number of fused-ring (bicyclic) bond motifs is 4. The Morgan fingerprint density at radius 2 is 0.688 bits per heavy atom. The van der Waals surface area contributed by atoms with Crippen LogP contribution in [-0.4, -0.2) is 9.13 Å². The molecule has 0 aliphatic heterocycles. The Morgan fingerprint density at radius 3 is 1.22 bits per heavy atom. The molecule has 0 saturated heterocycles. The van der Waals surface area contributed by atoms with Gasteiger partial charge in [-0.1, -0.05) is 151 Å². The highest BCUT2D eigenvalue weighted by Crippen LogP contribution is 2.49. The van der Waals surface area contributed by atoms with Gasteiger partial charge in [0.15, 0.2) is 0 Å². The summed E-state index contributed by atoms with van der Waals surface area (Å²) in [6, 6.07) is 73.0. The summed E-state index contributed by atoms with van der Waals surface area (Å²) in [5.74, 6) is 0. The van der Waals surface area contributed by atoms with Crippen LogP contribution in [0.2, 0.25) is 0 Å². The number of hydrogen-bond acceptors (Lipinski definition) is 0. The molecule has 0 unspecified atom stereocenters. The van der Waals surface area contributed by atoms with Crippen LogP contribution in [-0.2, 0) is 0 Å². The van der Waals surface area contributed by atoms with Crippen molar-refractivity contribution in [2.75, 3.05) is 0 Å². The molecule has 0 spiro atoms. The first kappa shape index (κ1) is 36.7. The number of rotatable bonds is 5. The van der Waals surface area contributed by atoms with Gasteiger partial charge in [-0.25, -0.2) is 0 Å². The molecule has 2 heteroatoms. The summed E-state index contributed by atoms with van der Waals surface area (Å²) in [5.41, 5.74) is 19.5. The predicted octanol–water partition coefficient (Wildman–Crippen LogP) is 17.0. The molecule has 13 aromatic rings. The molecule has 0 amide bonds. The fourth-order valence-corrected chi connectivity index (χ4v) is 10.8. The van der Waals surface area contributed by atoms with E-state index < -0.39 is 0 Å². The summed E-state index contributed by atoms with van der Waals surface area (Å²) in [6.07, 6.45) is 0. The van der Waals surface area contributed by atoms with Gasteiger partial charge < -0.3 is 9.13 Å². The number of pyridine rings is 2. The van der Waals surface area contributed by atoms with E-state index in [1.807, 2.05) is 0 Å². The lowest BCUT2D eigenvalue weighted by atomic mass is 9.86. The zero-order valence-corrected chi connectivity index (χ0v) is 36.4. The summed E-state index contributed by atoms with van der Waals surface area (Å²) in [7, 11) is 0. The summed E-state index contributed by atoms with van der Waals surface area (Å²) in [5, 5.41) is 12.9. The van der Waals surface area contributed by atoms with E-state index in [0.717, 1.165) is 0 Å². The highest BCUT2D eigenvalue weighted by atomic mass is 15.0. The minimum absolute atomic E-state index is 1.19. The third kappa shape index (κ3) is 5.39. The van der Waals surface area contributed by atoms with E-state index in [4.69, 9.17) is 0 Å². The van der Waals surface area contributed by atoms with Gasteiger partial charge in [0.25, 0.3) is 0 Å². The Balaban J connectivity index is 1.18. The molecule has 13 rings (SSSR count). The molecule has 0 N–H and O–H groups in total. The minimum atomic E-state index is 1.19. The van der Waals surface area contributed by atoms with Crippen LogP contribution in [0.15, 0.2) is 194 Å². The molecule has 0 radical (unpaired) electrons. The number of hydrogen-bond donors (Lipinski definition) is 0. The second-order valence-corrected chi connectivity index (χ2v) is 18.0. The molecule has 0 aliphatic rings. The smallest absolute Gasteiger partial charge is 0.0547 e. The lowest BCUT2D eigenvalue weighted by Crippen LogP contribution is -2.06. The van der Waals surface area contributed by atoms with Gasteiger partial charge in [-0.2, -0.15) is 0 Å².